The quantitative estimate of drug-likeness (QED) is 0.533. The van der Waals surface area contributed by atoms with Gasteiger partial charge in [-0.1, -0.05) is 12.1 Å². The minimum absolute atomic E-state index is 0.0153. The lowest BCUT2D eigenvalue weighted by molar-refractivity contribution is -0.114. The summed E-state index contributed by atoms with van der Waals surface area (Å²) in [6.45, 7) is 1.37. The molecule has 0 bridgehead atoms. The normalized spacial score (nSPS) is 10.9. The Bertz CT molecular complexity index is 1370. The van der Waals surface area contributed by atoms with Crippen molar-refractivity contribution in [1.82, 2.24) is 19.3 Å². The van der Waals surface area contributed by atoms with Gasteiger partial charge in [0.05, 0.1) is 19.3 Å². The van der Waals surface area contributed by atoms with Crippen molar-refractivity contribution in [3.63, 3.8) is 0 Å². The molecule has 0 fully saturated rings. The summed E-state index contributed by atoms with van der Waals surface area (Å²) < 4.78 is 12.5. The summed E-state index contributed by atoms with van der Waals surface area (Å²) in [5, 5.41) is 6.68. The van der Waals surface area contributed by atoms with Gasteiger partial charge in [-0.2, -0.15) is 4.68 Å². The average Bonchev–Trinajstić information content (AvgIpc) is 3.19. The smallest absolute Gasteiger partial charge is 0.352 e. The number of nitrogens with one attached hydrogen (secondary N) is 1. The van der Waals surface area contributed by atoms with Crippen LogP contribution in [0.5, 0.6) is 5.88 Å². The number of nitrogens with zero attached hydrogens (tertiary/aromatic N) is 4. The van der Waals surface area contributed by atoms with E-state index < -0.39 is 11.2 Å². The second-order valence-electron chi connectivity index (χ2n) is 6.48. The van der Waals surface area contributed by atoms with Gasteiger partial charge < -0.3 is 14.5 Å². The molecule has 4 aromatic rings. The van der Waals surface area contributed by atoms with Crippen LogP contribution in [0, 0.1) is 0 Å². The molecule has 0 saturated heterocycles. The van der Waals surface area contributed by atoms with Gasteiger partial charge in [0.2, 0.25) is 5.91 Å². The van der Waals surface area contributed by atoms with Gasteiger partial charge in [0.1, 0.15) is 5.52 Å². The summed E-state index contributed by atoms with van der Waals surface area (Å²) in [6.07, 6.45) is 1.32. The Labute approximate surface area is 169 Å². The van der Waals surface area contributed by atoms with Crippen molar-refractivity contribution in [3.8, 4) is 11.6 Å². The summed E-state index contributed by atoms with van der Waals surface area (Å²) in [5.41, 5.74) is 1.43. The van der Waals surface area contributed by atoms with Crippen LogP contribution in [0.3, 0.4) is 0 Å². The Morgan fingerprint density at radius 3 is 2.80 bits per heavy atom. The molecule has 152 valence electrons. The molecule has 2 aromatic carbocycles. The van der Waals surface area contributed by atoms with Crippen molar-refractivity contribution >= 4 is 22.7 Å². The number of carbonyl (C=O) groups excluding carboxylic acids is 1. The predicted octanol–water partition coefficient (Wildman–Crippen LogP) is 1.55. The molecule has 0 aliphatic rings. The highest BCUT2D eigenvalue weighted by Gasteiger charge is 2.16. The number of hydrogen-bond acceptors (Lipinski definition) is 7. The molecule has 1 N–H and O–H groups in total. The van der Waals surface area contributed by atoms with Gasteiger partial charge in [-0.3, -0.25) is 9.59 Å². The topological polar surface area (TPSA) is 121 Å². The molecular weight excluding hydrogens is 390 g/mol. The van der Waals surface area contributed by atoms with Crippen molar-refractivity contribution in [2.75, 3.05) is 12.4 Å². The zero-order chi connectivity index (χ0) is 21.3. The highest BCUT2D eigenvalue weighted by molar-refractivity contribution is 5.88. The number of benzene rings is 2. The van der Waals surface area contributed by atoms with Crippen molar-refractivity contribution in [1.29, 1.82) is 0 Å². The number of anilines is 1. The van der Waals surface area contributed by atoms with E-state index in [0.29, 0.717) is 28.0 Å². The van der Waals surface area contributed by atoms with Gasteiger partial charge in [0.25, 0.3) is 5.88 Å². The Morgan fingerprint density at radius 1 is 1.20 bits per heavy atom. The number of oxazole rings is 1. The number of hydrogen-bond donors (Lipinski definition) is 1. The maximum absolute atomic E-state index is 13.1. The fraction of sp³-hybridized carbons (Fsp3) is 0.150. The van der Waals surface area contributed by atoms with Crippen LogP contribution in [0.2, 0.25) is 0 Å². The van der Waals surface area contributed by atoms with Crippen LogP contribution in [-0.2, 0) is 11.3 Å². The number of aromatic nitrogens is 4. The van der Waals surface area contributed by atoms with E-state index in [2.05, 4.69) is 15.4 Å². The molecule has 2 aromatic heterocycles. The molecule has 30 heavy (non-hydrogen) atoms. The average molecular weight is 407 g/mol. The van der Waals surface area contributed by atoms with Gasteiger partial charge in [0, 0.05) is 12.6 Å². The lowest BCUT2D eigenvalue weighted by atomic mass is 10.2. The van der Waals surface area contributed by atoms with Crippen molar-refractivity contribution in [3.05, 3.63) is 75.3 Å². The second kappa shape index (κ2) is 7.66. The number of rotatable bonds is 5. The predicted molar refractivity (Wildman–Crippen MR) is 108 cm³/mol. The van der Waals surface area contributed by atoms with Crippen molar-refractivity contribution in [2.24, 2.45) is 0 Å². The van der Waals surface area contributed by atoms with E-state index in [1.165, 1.54) is 20.4 Å². The van der Waals surface area contributed by atoms with E-state index in [0.717, 1.165) is 9.25 Å². The monoisotopic (exact) mass is 407 g/mol. The van der Waals surface area contributed by atoms with Crippen LogP contribution in [0.25, 0.3) is 16.8 Å². The standard InChI is InChI=1S/C20H17N5O5/c1-12(26)22-14-4-3-5-15(9-14)25-20(28)24(19(27)18(23-25)29-2)10-13-6-7-16-17(8-13)30-11-21-16/h3-9,11H,10H2,1-2H3,(H,22,26). The molecular formula is C20H17N5O5. The minimum atomic E-state index is -0.658. The van der Waals surface area contributed by atoms with E-state index in [9.17, 15) is 14.4 Å². The Hall–Kier alpha value is -4.21. The molecule has 0 atom stereocenters. The molecule has 10 nitrogen and oxygen atoms in total. The van der Waals surface area contributed by atoms with Crippen LogP contribution in [-0.4, -0.2) is 32.3 Å². The number of methoxy groups -OCH3 is 1. The zero-order valence-electron chi connectivity index (χ0n) is 16.2. The van der Waals surface area contributed by atoms with Gasteiger partial charge >= 0.3 is 11.2 Å². The molecule has 0 spiro atoms. The molecule has 0 aliphatic heterocycles. The Morgan fingerprint density at radius 2 is 2.03 bits per heavy atom. The summed E-state index contributed by atoms with van der Waals surface area (Å²) in [5.74, 6) is -0.488. The summed E-state index contributed by atoms with van der Waals surface area (Å²) in [4.78, 5) is 41.2. The first-order chi connectivity index (χ1) is 14.5. The van der Waals surface area contributed by atoms with E-state index in [4.69, 9.17) is 9.15 Å². The number of amides is 1. The Kier molecular flexibility index (Phi) is 4.88. The first kappa shape index (κ1) is 19.1. The number of fused-ring (bicyclic) bond motifs is 1. The fourth-order valence-corrected chi connectivity index (χ4v) is 3.03. The third-order valence-electron chi connectivity index (χ3n) is 4.37. The van der Waals surface area contributed by atoms with Gasteiger partial charge in [-0.05, 0) is 35.9 Å². The lowest BCUT2D eigenvalue weighted by Crippen LogP contribution is -2.41. The maximum Gasteiger partial charge on any atom is 0.352 e. The van der Waals surface area contributed by atoms with Crippen LogP contribution in [0.1, 0.15) is 12.5 Å². The van der Waals surface area contributed by atoms with E-state index in [1.54, 1.807) is 42.5 Å². The van der Waals surface area contributed by atoms with Crippen molar-refractivity contribution < 1.29 is 13.9 Å². The minimum Gasteiger partial charge on any atom is -0.476 e. The highest BCUT2D eigenvalue weighted by Crippen LogP contribution is 2.16. The van der Waals surface area contributed by atoms with Crippen LogP contribution in [0.4, 0.5) is 5.69 Å². The molecule has 0 aliphatic carbocycles. The van der Waals surface area contributed by atoms with Crippen LogP contribution >= 0.6 is 0 Å². The molecule has 4 rings (SSSR count). The van der Waals surface area contributed by atoms with Gasteiger partial charge in [-0.15, -0.1) is 5.10 Å². The van der Waals surface area contributed by atoms with Crippen LogP contribution < -0.4 is 21.3 Å². The van der Waals surface area contributed by atoms with E-state index in [1.807, 2.05) is 0 Å². The summed E-state index contributed by atoms with van der Waals surface area (Å²) in [6, 6.07) is 11.8. The van der Waals surface area contributed by atoms with Gasteiger partial charge in [0.15, 0.2) is 12.0 Å². The maximum atomic E-state index is 13.1. The zero-order valence-corrected chi connectivity index (χ0v) is 16.2. The van der Waals surface area contributed by atoms with Crippen LogP contribution in [0.15, 0.2) is 62.9 Å². The third kappa shape index (κ3) is 3.58. The first-order valence-electron chi connectivity index (χ1n) is 8.94. The van der Waals surface area contributed by atoms with E-state index >= 15 is 0 Å². The highest BCUT2D eigenvalue weighted by atomic mass is 16.5. The number of ether oxygens (including phenoxy) is 1. The molecule has 10 heteroatoms. The van der Waals surface area contributed by atoms with Crippen molar-refractivity contribution in [2.45, 2.75) is 13.5 Å². The summed E-state index contributed by atoms with van der Waals surface area (Å²) in [7, 11) is 1.30. The fourth-order valence-electron chi connectivity index (χ4n) is 3.03. The lowest BCUT2D eigenvalue weighted by Gasteiger charge is -2.12. The van der Waals surface area contributed by atoms with Gasteiger partial charge in [-0.25, -0.2) is 14.3 Å². The van der Waals surface area contributed by atoms with E-state index in [-0.39, 0.29) is 18.3 Å². The number of carbonyl (C=O) groups is 1. The second-order valence-corrected chi connectivity index (χ2v) is 6.48. The Balaban J connectivity index is 1.82. The molecule has 0 radical (unpaired) electrons. The molecule has 0 saturated carbocycles. The largest absolute Gasteiger partial charge is 0.476 e. The molecule has 2 heterocycles. The summed E-state index contributed by atoms with van der Waals surface area (Å²) >= 11 is 0. The SMILES string of the molecule is COc1nn(-c2cccc(NC(C)=O)c2)c(=O)n(Cc2ccc3ncoc3c2)c1=O. The first-order valence-corrected chi connectivity index (χ1v) is 8.94. The third-order valence-corrected chi connectivity index (χ3v) is 4.37. The molecule has 0 unspecified atom stereocenters. The molecule has 1 amide bonds.